The van der Waals surface area contributed by atoms with E-state index in [2.05, 4.69) is 0 Å². The Kier molecular flexibility index (Phi) is 3.10. The molecule has 2 rings (SSSR count). The Bertz CT molecular complexity index is 623. The number of halogens is 2. The molecule has 0 unspecified atom stereocenters. The third-order valence-electron chi connectivity index (χ3n) is 2.73. The number of nitrogens with two attached hydrogens (primary N) is 1. The lowest BCUT2D eigenvalue weighted by atomic mass is 10.0. The third-order valence-corrected chi connectivity index (χ3v) is 2.73. The summed E-state index contributed by atoms with van der Waals surface area (Å²) in [4.78, 5) is 12.0. The van der Waals surface area contributed by atoms with Gasteiger partial charge in [-0.25, -0.2) is 8.78 Å². The Morgan fingerprint density at radius 3 is 2.56 bits per heavy atom. The van der Waals surface area contributed by atoms with E-state index in [0.717, 1.165) is 11.6 Å². The summed E-state index contributed by atoms with van der Waals surface area (Å²) in [5, 5.41) is 0. The molecule has 0 aromatic heterocycles. The number of benzene rings is 2. The average Bonchev–Trinajstić information content (AvgIpc) is 2.35. The van der Waals surface area contributed by atoms with Crippen molar-refractivity contribution in [2.45, 2.75) is 6.92 Å². The van der Waals surface area contributed by atoms with Crippen LogP contribution in [-0.2, 0) is 0 Å². The highest BCUT2D eigenvalue weighted by Crippen LogP contribution is 2.19. The molecule has 0 heterocycles. The first-order valence-electron chi connectivity index (χ1n) is 5.35. The van der Waals surface area contributed by atoms with Crippen LogP contribution < -0.4 is 5.73 Å². The van der Waals surface area contributed by atoms with E-state index in [1.165, 1.54) is 18.2 Å². The summed E-state index contributed by atoms with van der Waals surface area (Å²) in [6.07, 6.45) is 0. The molecule has 18 heavy (non-hydrogen) atoms. The predicted octanol–water partition coefficient (Wildman–Crippen LogP) is 3.09. The molecule has 0 bridgehead atoms. The van der Waals surface area contributed by atoms with Crippen LogP contribution in [0, 0.1) is 18.6 Å². The van der Waals surface area contributed by atoms with Crippen LogP contribution in [0.15, 0.2) is 36.4 Å². The Balaban J connectivity index is 2.48. The van der Waals surface area contributed by atoms with Gasteiger partial charge in [0.15, 0.2) is 17.4 Å². The summed E-state index contributed by atoms with van der Waals surface area (Å²) in [5.74, 6) is -2.72. The van der Waals surface area contributed by atoms with Crippen molar-refractivity contribution in [1.82, 2.24) is 0 Å². The lowest BCUT2D eigenvalue weighted by molar-refractivity contribution is 0.103. The van der Waals surface area contributed by atoms with Gasteiger partial charge in [0.25, 0.3) is 0 Å². The van der Waals surface area contributed by atoms with Crippen molar-refractivity contribution in [2.75, 3.05) is 5.73 Å². The van der Waals surface area contributed by atoms with E-state index in [9.17, 15) is 13.6 Å². The molecule has 2 nitrogen and oxygen atoms in total. The minimum absolute atomic E-state index is 0.279. The first-order valence-corrected chi connectivity index (χ1v) is 5.35. The number of nitrogen functional groups attached to an aromatic ring is 1. The standard InChI is InChI=1S/C14H11F2NO/c1-8-7-9(5-6-12(8)17)14(18)10-3-2-4-11(15)13(10)16/h2-7H,17H2,1H3. The maximum atomic E-state index is 13.5. The summed E-state index contributed by atoms with van der Waals surface area (Å²) < 4.78 is 26.5. The van der Waals surface area contributed by atoms with Gasteiger partial charge in [-0.3, -0.25) is 4.79 Å². The molecule has 4 heteroatoms. The smallest absolute Gasteiger partial charge is 0.196 e. The Morgan fingerprint density at radius 2 is 1.89 bits per heavy atom. The van der Waals surface area contributed by atoms with Crippen LogP contribution in [0.2, 0.25) is 0 Å². The van der Waals surface area contributed by atoms with Gasteiger partial charge in [-0.2, -0.15) is 0 Å². The molecular weight excluding hydrogens is 236 g/mol. The van der Waals surface area contributed by atoms with Crippen LogP contribution in [-0.4, -0.2) is 5.78 Å². The summed E-state index contributed by atoms with van der Waals surface area (Å²) in [6.45, 7) is 1.74. The molecule has 2 aromatic carbocycles. The molecule has 0 saturated carbocycles. The van der Waals surface area contributed by atoms with Gasteiger partial charge in [0.05, 0.1) is 5.56 Å². The minimum atomic E-state index is -1.13. The number of rotatable bonds is 2. The van der Waals surface area contributed by atoms with Crippen molar-refractivity contribution >= 4 is 11.5 Å². The van der Waals surface area contributed by atoms with Gasteiger partial charge in [-0.1, -0.05) is 6.07 Å². The third kappa shape index (κ3) is 2.09. The molecule has 0 aliphatic heterocycles. The van der Waals surface area contributed by atoms with Crippen molar-refractivity contribution < 1.29 is 13.6 Å². The number of hydrogen-bond acceptors (Lipinski definition) is 2. The Morgan fingerprint density at radius 1 is 1.17 bits per heavy atom. The largest absolute Gasteiger partial charge is 0.399 e. The lowest BCUT2D eigenvalue weighted by Crippen LogP contribution is -2.06. The second-order valence-corrected chi connectivity index (χ2v) is 4.00. The predicted molar refractivity (Wildman–Crippen MR) is 65.4 cm³/mol. The molecule has 0 spiro atoms. The number of anilines is 1. The molecule has 0 fully saturated rings. The summed E-state index contributed by atoms with van der Waals surface area (Å²) in [5.41, 5.74) is 6.91. The molecule has 2 aromatic rings. The SMILES string of the molecule is Cc1cc(C(=O)c2cccc(F)c2F)ccc1N. The fourth-order valence-corrected chi connectivity index (χ4v) is 1.65. The average molecular weight is 247 g/mol. The van der Waals surface area contributed by atoms with E-state index in [1.54, 1.807) is 19.1 Å². The first kappa shape index (κ1) is 12.2. The van der Waals surface area contributed by atoms with Crippen molar-refractivity contribution in [3.63, 3.8) is 0 Å². The fourth-order valence-electron chi connectivity index (χ4n) is 1.65. The summed E-state index contributed by atoms with van der Waals surface area (Å²) in [6, 6.07) is 8.15. The second-order valence-electron chi connectivity index (χ2n) is 4.00. The van der Waals surface area contributed by atoms with Crippen molar-refractivity contribution in [3.8, 4) is 0 Å². The molecule has 92 valence electrons. The van der Waals surface area contributed by atoms with E-state index in [-0.39, 0.29) is 11.1 Å². The quantitative estimate of drug-likeness (QED) is 0.654. The zero-order valence-electron chi connectivity index (χ0n) is 9.71. The number of carbonyl (C=O) groups is 1. The highest BCUT2D eigenvalue weighted by Gasteiger charge is 2.17. The van der Waals surface area contributed by atoms with E-state index < -0.39 is 17.4 Å². The topological polar surface area (TPSA) is 43.1 Å². The van der Waals surface area contributed by atoms with Gasteiger partial charge < -0.3 is 5.73 Å². The highest BCUT2D eigenvalue weighted by atomic mass is 19.2. The zero-order valence-corrected chi connectivity index (χ0v) is 9.71. The highest BCUT2D eigenvalue weighted by molar-refractivity contribution is 6.09. The number of carbonyl (C=O) groups excluding carboxylic acids is 1. The van der Waals surface area contributed by atoms with Crippen molar-refractivity contribution in [2.24, 2.45) is 0 Å². The van der Waals surface area contributed by atoms with Gasteiger partial charge in [0.1, 0.15) is 0 Å². The van der Waals surface area contributed by atoms with Gasteiger partial charge in [0.2, 0.25) is 0 Å². The number of aryl methyl sites for hydroxylation is 1. The first-order chi connectivity index (χ1) is 8.50. The molecule has 2 N–H and O–H groups in total. The van der Waals surface area contributed by atoms with Crippen LogP contribution in [0.4, 0.5) is 14.5 Å². The maximum absolute atomic E-state index is 13.5. The van der Waals surface area contributed by atoms with Crippen LogP contribution >= 0.6 is 0 Å². The maximum Gasteiger partial charge on any atom is 0.196 e. The zero-order chi connectivity index (χ0) is 13.3. The van der Waals surface area contributed by atoms with Gasteiger partial charge >= 0.3 is 0 Å². The fraction of sp³-hybridized carbons (Fsp3) is 0.0714. The van der Waals surface area contributed by atoms with E-state index in [4.69, 9.17) is 5.73 Å². The van der Waals surface area contributed by atoms with Crippen LogP contribution in [0.1, 0.15) is 21.5 Å². The second kappa shape index (κ2) is 4.56. The van der Waals surface area contributed by atoms with Crippen LogP contribution in [0.5, 0.6) is 0 Å². The molecule has 0 aliphatic rings. The monoisotopic (exact) mass is 247 g/mol. The molecule has 0 atom stereocenters. The molecule has 0 radical (unpaired) electrons. The molecule has 0 saturated heterocycles. The molecular formula is C14H11F2NO. The minimum Gasteiger partial charge on any atom is -0.399 e. The molecule has 0 aliphatic carbocycles. The van der Waals surface area contributed by atoms with E-state index in [1.807, 2.05) is 0 Å². The van der Waals surface area contributed by atoms with Gasteiger partial charge in [-0.05, 0) is 42.8 Å². The van der Waals surface area contributed by atoms with Gasteiger partial charge in [0, 0.05) is 11.3 Å². The van der Waals surface area contributed by atoms with Crippen molar-refractivity contribution in [1.29, 1.82) is 0 Å². The lowest BCUT2D eigenvalue weighted by Gasteiger charge is -2.06. The van der Waals surface area contributed by atoms with E-state index in [0.29, 0.717) is 5.69 Å². The van der Waals surface area contributed by atoms with Crippen LogP contribution in [0.3, 0.4) is 0 Å². The Hall–Kier alpha value is -2.23. The van der Waals surface area contributed by atoms with Gasteiger partial charge in [-0.15, -0.1) is 0 Å². The summed E-state index contributed by atoms with van der Waals surface area (Å²) >= 11 is 0. The Labute approximate surface area is 103 Å². The normalized spacial score (nSPS) is 10.4. The summed E-state index contributed by atoms with van der Waals surface area (Å²) in [7, 11) is 0. The molecule has 0 amide bonds. The number of ketones is 1. The van der Waals surface area contributed by atoms with E-state index >= 15 is 0 Å². The number of hydrogen-bond donors (Lipinski definition) is 1. The van der Waals surface area contributed by atoms with Crippen molar-refractivity contribution in [3.05, 3.63) is 64.7 Å². The van der Waals surface area contributed by atoms with Crippen LogP contribution in [0.25, 0.3) is 0 Å².